The van der Waals surface area contributed by atoms with E-state index in [9.17, 15) is 44.4 Å². The Morgan fingerprint density at radius 3 is 1.40 bits per heavy atom. The number of hydrogen-bond donors (Lipinski definition) is 6. The third-order valence-corrected chi connectivity index (χ3v) is 6.44. The number of carboxylic acids is 3. The average Bonchev–Trinajstić information content (AvgIpc) is 2.91. The Bertz CT molecular complexity index is 1050. The van der Waals surface area contributed by atoms with Crippen molar-refractivity contribution in [2.75, 3.05) is 91.6 Å². The molecule has 232 valence electrons. The maximum Gasteiger partial charge on any atom is 0.317 e. The van der Waals surface area contributed by atoms with E-state index in [-0.39, 0.29) is 69.9 Å². The normalized spacial score (nSPS) is 16.8. The number of nitrogens with one attached hydrogen (secondary N) is 2. The van der Waals surface area contributed by atoms with E-state index in [1.54, 1.807) is 32.9 Å². The number of phenolic OH excluding ortho intramolecular Hbond substituents is 1. The highest BCUT2D eigenvalue weighted by atomic mass is 16.4. The van der Waals surface area contributed by atoms with Gasteiger partial charge < -0.3 is 31.1 Å². The summed E-state index contributed by atoms with van der Waals surface area (Å²) in [6.45, 7) is 2.07. The molecule has 0 saturated carbocycles. The molecule has 0 aliphatic carbocycles. The van der Waals surface area contributed by atoms with Crippen LogP contribution < -0.4 is 10.6 Å². The third kappa shape index (κ3) is 15.1. The second-order valence-corrected chi connectivity index (χ2v) is 9.85. The van der Waals surface area contributed by atoms with Crippen LogP contribution in [0.15, 0.2) is 30.3 Å². The number of aromatic hydroxyl groups is 1. The minimum absolute atomic E-state index is 0.0122. The minimum Gasteiger partial charge on any atom is -0.508 e. The SMILES string of the molecule is O=C(O)CN1CCN(CC(=O)O)CCN(CC(=O)NCCNC(=O)/C=C/c2ccc(O)cc2)CCN(CC(=O)O)CC1. The number of hydrogen-bond acceptors (Lipinski definition) is 10. The third-order valence-electron chi connectivity index (χ3n) is 6.44. The molecule has 1 fully saturated rings. The molecule has 2 rings (SSSR count). The Morgan fingerprint density at radius 2 is 1.00 bits per heavy atom. The molecule has 42 heavy (non-hydrogen) atoms. The first-order valence-electron chi connectivity index (χ1n) is 13.6. The highest BCUT2D eigenvalue weighted by molar-refractivity contribution is 5.91. The van der Waals surface area contributed by atoms with E-state index >= 15 is 0 Å². The van der Waals surface area contributed by atoms with Crippen LogP contribution in [0.5, 0.6) is 5.75 Å². The zero-order valence-corrected chi connectivity index (χ0v) is 23.5. The molecule has 0 radical (unpaired) electrons. The van der Waals surface area contributed by atoms with E-state index in [0.717, 1.165) is 5.56 Å². The van der Waals surface area contributed by atoms with Crippen LogP contribution in [0.2, 0.25) is 0 Å². The van der Waals surface area contributed by atoms with Gasteiger partial charge in [-0.2, -0.15) is 0 Å². The van der Waals surface area contributed by atoms with Crippen molar-refractivity contribution >= 4 is 35.8 Å². The Hall–Kier alpha value is -4.05. The first-order chi connectivity index (χ1) is 20.0. The summed E-state index contributed by atoms with van der Waals surface area (Å²) in [6, 6.07) is 6.34. The van der Waals surface area contributed by atoms with Gasteiger partial charge in [0.1, 0.15) is 5.75 Å². The van der Waals surface area contributed by atoms with Crippen LogP contribution in [0.4, 0.5) is 0 Å². The Labute approximate surface area is 244 Å². The first kappa shape index (κ1) is 34.2. The summed E-state index contributed by atoms with van der Waals surface area (Å²) < 4.78 is 0. The molecular weight excluding hydrogens is 552 g/mol. The van der Waals surface area contributed by atoms with Crippen molar-refractivity contribution in [1.29, 1.82) is 0 Å². The number of nitrogens with zero attached hydrogens (tertiary/aromatic N) is 4. The monoisotopic (exact) mass is 592 g/mol. The maximum atomic E-state index is 12.7. The fraction of sp³-hybridized carbons (Fsp3) is 0.519. The summed E-state index contributed by atoms with van der Waals surface area (Å²) in [5, 5.41) is 42.6. The molecule has 2 amide bonds. The predicted octanol–water partition coefficient (Wildman–Crippen LogP) is -1.89. The lowest BCUT2D eigenvalue weighted by Gasteiger charge is -2.32. The predicted molar refractivity (Wildman–Crippen MR) is 152 cm³/mol. The number of benzene rings is 1. The van der Waals surface area contributed by atoms with E-state index in [2.05, 4.69) is 10.6 Å². The second kappa shape index (κ2) is 18.4. The largest absolute Gasteiger partial charge is 0.508 e. The molecule has 0 unspecified atom stereocenters. The highest BCUT2D eigenvalue weighted by Gasteiger charge is 2.21. The van der Waals surface area contributed by atoms with E-state index < -0.39 is 17.9 Å². The molecule has 1 aromatic rings. The van der Waals surface area contributed by atoms with Crippen molar-refractivity contribution < 1.29 is 44.4 Å². The molecule has 15 nitrogen and oxygen atoms in total. The van der Waals surface area contributed by atoms with Gasteiger partial charge in [0.2, 0.25) is 11.8 Å². The van der Waals surface area contributed by atoms with Crippen molar-refractivity contribution in [3.8, 4) is 5.75 Å². The molecule has 6 N–H and O–H groups in total. The van der Waals surface area contributed by atoms with Crippen molar-refractivity contribution in [2.24, 2.45) is 0 Å². The van der Waals surface area contributed by atoms with Crippen LogP contribution >= 0.6 is 0 Å². The molecule has 0 aromatic heterocycles. The van der Waals surface area contributed by atoms with Gasteiger partial charge in [-0.1, -0.05) is 12.1 Å². The van der Waals surface area contributed by atoms with Gasteiger partial charge in [0.05, 0.1) is 26.2 Å². The highest BCUT2D eigenvalue weighted by Crippen LogP contribution is 2.10. The Morgan fingerprint density at radius 1 is 0.619 bits per heavy atom. The van der Waals surface area contributed by atoms with Crippen molar-refractivity contribution in [1.82, 2.24) is 30.2 Å². The van der Waals surface area contributed by atoms with E-state index in [1.807, 2.05) is 4.90 Å². The average molecular weight is 593 g/mol. The number of carbonyl (C=O) groups excluding carboxylic acids is 2. The Kier molecular flexibility index (Phi) is 15.0. The lowest BCUT2D eigenvalue weighted by molar-refractivity contribution is -0.140. The summed E-state index contributed by atoms with van der Waals surface area (Å²) in [6.07, 6.45) is 2.94. The number of carboxylic acid groups (broad SMARTS) is 3. The zero-order valence-electron chi connectivity index (χ0n) is 23.5. The number of amides is 2. The van der Waals surface area contributed by atoms with E-state index in [1.165, 1.54) is 18.2 Å². The van der Waals surface area contributed by atoms with Crippen molar-refractivity contribution in [3.63, 3.8) is 0 Å². The van der Waals surface area contributed by atoms with E-state index in [0.29, 0.717) is 39.3 Å². The van der Waals surface area contributed by atoms with Crippen LogP contribution in [0, 0.1) is 0 Å². The van der Waals surface area contributed by atoms with Crippen LogP contribution in [-0.4, -0.2) is 161 Å². The molecule has 0 bridgehead atoms. The molecule has 1 aliphatic rings. The standard InChI is InChI=1S/C27H40N6O9/c34-22-4-1-21(2-5-22)3-6-23(35)28-7-8-29-24(36)17-30-9-11-31(18-25(37)38)13-15-33(20-27(41)42)16-14-32(12-10-30)19-26(39)40/h1-6,34H,7-20H2,(H,28,35)(H,29,36)(H,37,38)(H,39,40)(H,41,42)/b6-3+. The van der Waals surface area contributed by atoms with Gasteiger partial charge in [0.25, 0.3) is 0 Å². The summed E-state index contributed by atoms with van der Waals surface area (Å²) in [5.74, 6) is -3.61. The van der Waals surface area contributed by atoms with Gasteiger partial charge in [-0.3, -0.25) is 43.6 Å². The second-order valence-electron chi connectivity index (χ2n) is 9.85. The summed E-state index contributed by atoms with van der Waals surface area (Å²) in [5.41, 5.74) is 0.740. The molecular formula is C27H40N6O9. The lowest BCUT2D eigenvalue weighted by Crippen LogP contribution is -2.50. The van der Waals surface area contributed by atoms with Gasteiger partial charge in [0.15, 0.2) is 0 Å². The lowest BCUT2D eigenvalue weighted by atomic mass is 10.2. The smallest absolute Gasteiger partial charge is 0.317 e. The van der Waals surface area contributed by atoms with Gasteiger partial charge in [0, 0.05) is 71.5 Å². The number of carbonyl (C=O) groups is 5. The van der Waals surface area contributed by atoms with Crippen LogP contribution in [0.3, 0.4) is 0 Å². The van der Waals surface area contributed by atoms with E-state index in [4.69, 9.17) is 0 Å². The van der Waals surface area contributed by atoms with Crippen LogP contribution in [0.25, 0.3) is 6.08 Å². The summed E-state index contributed by atoms with van der Waals surface area (Å²) in [4.78, 5) is 65.6. The van der Waals surface area contributed by atoms with Crippen LogP contribution in [-0.2, 0) is 24.0 Å². The fourth-order valence-electron chi connectivity index (χ4n) is 4.25. The number of rotatable bonds is 13. The molecule has 0 spiro atoms. The minimum atomic E-state index is -1.03. The maximum absolute atomic E-state index is 12.7. The zero-order chi connectivity index (χ0) is 30.9. The number of aliphatic carboxylic acids is 3. The molecule has 15 heteroatoms. The summed E-state index contributed by atoms with van der Waals surface area (Å²) in [7, 11) is 0. The van der Waals surface area contributed by atoms with Crippen molar-refractivity contribution in [3.05, 3.63) is 35.9 Å². The number of phenols is 1. The van der Waals surface area contributed by atoms with Crippen LogP contribution in [0.1, 0.15) is 5.56 Å². The molecule has 1 saturated heterocycles. The molecule has 1 aliphatic heterocycles. The first-order valence-corrected chi connectivity index (χ1v) is 13.6. The molecule has 1 aromatic carbocycles. The van der Waals surface area contributed by atoms with Gasteiger partial charge in [-0.25, -0.2) is 0 Å². The quantitative estimate of drug-likeness (QED) is 0.110. The molecule has 0 atom stereocenters. The summed E-state index contributed by atoms with van der Waals surface area (Å²) >= 11 is 0. The Balaban J connectivity index is 1.91. The van der Waals surface area contributed by atoms with Gasteiger partial charge >= 0.3 is 17.9 Å². The topological polar surface area (TPSA) is 203 Å². The molecule has 1 heterocycles. The fourth-order valence-corrected chi connectivity index (χ4v) is 4.25. The van der Waals surface area contributed by atoms with Crippen molar-refractivity contribution in [2.45, 2.75) is 0 Å². The van der Waals surface area contributed by atoms with Gasteiger partial charge in [-0.15, -0.1) is 0 Å². The van der Waals surface area contributed by atoms with Gasteiger partial charge in [-0.05, 0) is 23.8 Å².